The Balaban J connectivity index is 1.31. The van der Waals surface area contributed by atoms with Gasteiger partial charge in [0.05, 0.1) is 20.3 Å². The predicted octanol–water partition coefficient (Wildman–Crippen LogP) is 3.96. The van der Waals surface area contributed by atoms with E-state index in [1.54, 1.807) is 14.2 Å². The molecule has 4 rings (SSSR count). The number of nitrogens with one attached hydrogen (secondary N) is 1. The van der Waals surface area contributed by atoms with Crippen LogP contribution in [0.1, 0.15) is 55.1 Å². The number of benzene rings is 1. The highest BCUT2D eigenvalue weighted by Gasteiger charge is 2.29. The van der Waals surface area contributed by atoms with E-state index >= 15 is 0 Å². The fraction of sp³-hybridized carbons (Fsp3) is 0.500. The van der Waals surface area contributed by atoms with Crippen LogP contribution in [-0.2, 0) is 0 Å². The molecule has 2 saturated carbocycles. The van der Waals surface area contributed by atoms with Crippen molar-refractivity contribution in [3.8, 4) is 17.2 Å². The summed E-state index contributed by atoms with van der Waals surface area (Å²) in [5.74, 6) is 2.04. The van der Waals surface area contributed by atoms with Crippen LogP contribution in [0, 0.1) is 0 Å². The maximum absolute atomic E-state index is 12.7. The minimum Gasteiger partial charge on any atom is -0.493 e. The van der Waals surface area contributed by atoms with Crippen LogP contribution in [0.15, 0.2) is 36.5 Å². The number of methoxy groups -OCH3 is 2. The van der Waals surface area contributed by atoms with E-state index in [2.05, 4.69) is 9.88 Å². The third kappa shape index (κ3) is 3.96. The third-order valence-corrected chi connectivity index (χ3v) is 5.62. The number of amides is 1. The summed E-state index contributed by atoms with van der Waals surface area (Å²) < 4.78 is 19.1. The van der Waals surface area contributed by atoms with Crippen molar-refractivity contribution < 1.29 is 19.0 Å². The van der Waals surface area contributed by atoms with E-state index in [-0.39, 0.29) is 18.1 Å². The zero-order chi connectivity index (χ0) is 19.5. The largest absolute Gasteiger partial charge is 0.493 e. The first kappa shape index (κ1) is 18.7. The fourth-order valence-electron chi connectivity index (χ4n) is 3.97. The number of ether oxygens (including phenoxy) is 3. The van der Waals surface area contributed by atoms with Gasteiger partial charge < -0.3 is 24.1 Å². The molecule has 2 aromatic rings. The summed E-state index contributed by atoms with van der Waals surface area (Å²) in [7, 11) is 3.24. The molecule has 0 unspecified atom stereocenters. The predicted molar refractivity (Wildman–Crippen MR) is 106 cm³/mol. The lowest BCUT2D eigenvalue weighted by atomic mass is 9.92. The number of aromatic nitrogens is 1. The molecule has 0 saturated heterocycles. The van der Waals surface area contributed by atoms with Crippen molar-refractivity contribution in [2.45, 2.75) is 56.7 Å². The third-order valence-electron chi connectivity index (χ3n) is 5.62. The molecule has 6 nitrogen and oxygen atoms in total. The topological polar surface area (TPSA) is 61.7 Å². The van der Waals surface area contributed by atoms with Gasteiger partial charge in [0.25, 0.3) is 5.91 Å². The Bertz CT molecular complexity index is 820. The first-order valence-electron chi connectivity index (χ1n) is 10.0. The van der Waals surface area contributed by atoms with Crippen LogP contribution < -0.4 is 19.5 Å². The molecule has 6 heteroatoms. The van der Waals surface area contributed by atoms with Crippen molar-refractivity contribution in [3.63, 3.8) is 0 Å². The van der Waals surface area contributed by atoms with Crippen LogP contribution in [0.2, 0.25) is 0 Å². The molecule has 0 bridgehead atoms. The SMILES string of the molecule is COc1cccc(OC2CCC(NC(=O)c3cccn3C3CC3)CC2)c1OC. The smallest absolute Gasteiger partial charge is 0.268 e. The number of para-hydroxylation sites is 1. The van der Waals surface area contributed by atoms with Crippen molar-refractivity contribution in [2.24, 2.45) is 0 Å². The lowest BCUT2D eigenvalue weighted by Gasteiger charge is -2.30. The molecule has 2 fully saturated rings. The Kier molecular flexibility index (Phi) is 5.46. The minimum atomic E-state index is 0.0377. The van der Waals surface area contributed by atoms with Gasteiger partial charge in [-0.25, -0.2) is 0 Å². The normalized spacial score (nSPS) is 21.8. The molecule has 150 valence electrons. The van der Waals surface area contributed by atoms with E-state index in [0.717, 1.165) is 31.4 Å². The number of carbonyl (C=O) groups is 1. The van der Waals surface area contributed by atoms with E-state index in [4.69, 9.17) is 14.2 Å². The zero-order valence-electron chi connectivity index (χ0n) is 16.5. The Morgan fingerprint density at radius 3 is 2.39 bits per heavy atom. The molecule has 0 spiro atoms. The summed E-state index contributed by atoms with van der Waals surface area (Å²) in [6.45, 7) is 0. The van der Waals surface area contributed by atoms with Gasteiger partial charge in [0, 0.05) is 18.3 Å². The molecule has 1 N–H and O–H groups in total. The fourth-order valence-corrected chi connectivity index (χ4v) is 3.97. The monoisotopic (exact) mass is 384 g/mol. The van der Waals surface area contributed by atoms with Gasteiger partial charge in [-0.15, -0.1) is 0 Å². The summed E-state index contributed by atoms with van der Waals surface area (Å²) in [5.41, 5.74) is 0.780. The number of nitrogens with zero attached hydrogens (tertiary/aromatic N) is 1. The summed E-state index contributed by atoms with van der Waals surface area (Å²) in [4.78, 5) is 12.7. The average molecular weight is 384 g/mol. The van der Waals surface area contributed by atoms with E-state index in [1.807, 2.05) is 36.5 Å². The zero-order valence-corrected chi connectivity index (χ0v) is 16.5. The van der Waals surface area contributed by atoms with Crippen molar-refractivity contribution in [3.05, 3.63) is 42.2 Å². The van der Waals surface area contributed by atoms with Gasteiger partial charge in [-0.3, -0.25) is 4.79 Å². The van der Waals surface area contributed by atoms with Crippen LogP contribution >= 0.6 is 0 Å². The highest BCUT2D eigenvalue weighted by Crippen LogP contribution is 2.38. The van der Waals surface area contributed by atoms with Crippen LogP contribution in [0.3, 0.4) is 0 Å². The van der Waals surface area contributed by atoms with Crippen LogP contribution in [0.25, 0.3) is 0 Å². The molecular weight excluding hydrogens is 356 g/mol. The van der Waals surface area contributed by atoms with E-state index < -0.39 is 0 Å². The van der Waals surface area contributed by atoms with Gasteiger partial charge in [0.1, 0.15) is 5.69 Å². The van der Waals surface area contributed by atoms with Crippen LogP contribution in [0.4, 0.5) is 0 Å². The van der Waals surface area contributed by atoms with E-state index in [0.29, 0.717) is 23.3 Å². The molecule has 1 amide bonds. The highest BCUT2D eigenvalue weighted by atomic mass is 16.5. The molecule has 0 aliphatic heterocycles. The maximum Gasteiger partial charge on any atom is 0.268 e. The van der Waals surface area contributed by atoms with Gasteiger partial charge in [-0.2, -0.15) is 0 Å². The van der Waals surface area contributed by atoms with Gasteiger partial charge in [0.15, 0.2) is 11.5 Å². The number of rotatable bonds is 7. The second-order valence-corrected chi connectivity index (χ2v) is 7.59. The number of carbonyl (C=O) groups excluding carboxylic acids is 1. The lowest BCUT2D eigenvalue weighted by molar-refractivity contribution is 0.0882. The molecule has 1 heterocycles. The molecule has 0 radical (unpaired) electrons. The maximum atomic E-state index is 12.7. The second kappa shape index (κ2) is 8.17. The number of hydrogen-bond acceptors (Lipinski definition) is 4. The van der Waals surface area contributed by atoms with Crippen molar-refractivity contribution >= 4 is 5.91 Å². The first-order chi connectivity index (χ1) is 13.7. The number of hydrogen-bond donors (Lipinski definition) is 1. The Labute approximate surface area is 165 Å². The quantitative estimate of drug-likeness (QED) is 0.785. The summed E-state index contributed by atoms with van der Waals surface area (Å²) in [6, 6.07) is 10.2. The molecule has 1 aromatic carbocycles. The molecule has 2 aliphatic rings. The van der Waals surface area contributed by atoms with Gasteiger partial charge >= 0.3 is 0 Å². The minimum absolute atomic E-state index is 0.0377. The van der Waals surface area contributed by atoms with Crippen molar-refractivity contribution in [2.75, 3.05) is 14.2 Å². The van der Waals surface area contributed by atoms with Crippen LogP contribution in [0.5, 0.6) is 17.2 Å². The molecule has 0 atom stereocenters. The molecular formula is C22H28N2O4. The highest BCUT2D eigenvalue weighted by molar-refractivity contribution is 5.93. The first-order valence-corrected chi connectivity index (χ1v) is 10.0. The lowest BCUT2D eigenvalue weighted by Crippen LogP contribution is -2.40. The summed E-state index contributed by atoms with van der Waals surface area (Å²) in [5, 5.41) is 3.21. The standard InChI is InChI=1S/C22H28N2O4/c1-26-19-6-3-7-20(21(19)27-2)28-17-12-8-15(9-13-17)23-22(25)18-5-4-14-24(18)16-10-11-16/h3-7,14-17H,8-13H2,1-2H3,(H,23,25). The van der Waals surface area contributed by atoms with E-state index in [9.17, 15) is 4.79 Å². The van der Waals surface area contributed by atoms with Gasteiger partial charge in [-0.1, -0.05) is 6.07 Å². The molecule has 2 aliphatic carbocycles. The Morgan fingerprint density at radius 2 is 1.71 bits per heavy atom. The van der Waals surface area contributed by atoms with Crippen molar-refractivity contribution in [1.29, 1.82) is 0 Å². The second-order valence-electron chi connectivity index (χ2n) is 7.59. The van der Waals surface area contributed by atoms with Crippen molar-refractivity contribution in [1.82, 2.24) is 9.88 Å². The van der Waals surface area contributed by atoms with Gasteiger partial charge in [-0.05, 0) is 62.8 Å². The molecule has 28 heavy (non-hydrogen) atoms. The Morgan fingerprint density at radius 1 is 0.964 bits per heavy atom. The van der Waals surface area contributed by atoms with E-state index in [1.165, 1.54) is 12.8 Å². The Hall–Kier alpha value is -2.63. The molecule has 1 aromatic heterocycles. The van der Waals surface area contributed by atoms with Crippen LogP contribution in [-0.4, -0.2) is 36.8 Å². The van der Waals surface area contributed by atoms with Gasteiger partial charge in [0.2, 0.25) is 5.75 Å². The average Bonchev–Trinajstić information content (AvgIpc) is 3.45. The summed E-state index contributed by atoms with van der Waals surface area (Å²) >= 11 is 0. The summed E-state index contributed by atoms with van der Waals surface area (Å²) in [6.07, 6.45) is 8.09.